The van der Waals surface area contributed by atoms with E-state index in [1.807, 2.05) is 37.4 Å². The lowest BCUT2D eigenvalue weighted by molar-refractivity contribution is -0.384. The predicted octanol–water partition coefficient (Wildman–Crippen LogP) is 5.14. The predicted molar refractivity (Wildman–Crippen MR) is 88.4 cm³/mol. The molecule has 1 unspecified atom stereocenters. The van der Waals surface area contributed by atoms with Crippen molar-refractivity contribution in [3.63, 3.8) is 0 Å². The van der Waals surface area contributed by atoms with E-state index in [2.05, 4.69) is 5.32 Å². The number of nitro benzene ring substituents is 1. The molecule has 0 saturated carbocycles. The fourth-order valence-corrected chi connectivity index (χ4v) is 2.56. The molecule has 0 amide bonds. The zero-order valence-electron chi connectivity index (χ0n) is 11.7. The van der Waals surface area contributed by atoms with Gasteiger partial charge in [0.05, 0.1) is 4.92 Å². The molecule has 1 N–H and O–H groups in total. The third kappa shape index (κ3) is 3.89. The summed E-state index contributed by atoms with van der Waals surface area (Å²) in [5.74, 6) is 0. The number of hydrogen-bond donors (Lipinski definition) is 1. The molecule has 1 atom stereocenters. The van der Waals surface area contributed by atoms with Gasteiger partial charge in [-0.3, -0.25) is 10.1 Å². The number of anilines is 1. The minimum absolute atomic E-state index is 0.0184. The van der Waals surface area contributed by atoms with E-state index >= 15 is 0 Å². The first-order valence-corrected chi connectivity index (χ1v) is 7.96. The highest BCUT2D eigenvalue weighted by Crippen LogP contribution is 2.31. The summed E-state index contributed by atoms with van der Waals surface area (Å²) in [6.45, 7) is 1.96. The Morgan fingerprint density at radius 3 is 2.48 bits per heavy atom. The van der Waals surface area contributed by atoms with Crippen LogP contribution in [0.4, 0.5) is 11.4 Å². The second-order valence-corrected chi connectivity index (χ2v) is 5.87. The largest absolute Gasteiger partial charge is 0.373 e. The lowest BCUT2D eigenvalue weighted by Gasteiger charge is -2.16. The van der Waals surface area contributed by atoms with Gasteiger partial charge in [-0.25, -0.2) is 0 Å². The van der Waals surface area contributed by atoms with Crippen LogP contribution in [0.1, 0.15) is 18.5 Å². The molecule has 0 radical (unpaired) electrons. The van der Waals surface area contributed by atoms with Crippen molar-refractivity contribution in [3.05, 3.63) is 63.2 Å². The Bertz CT molecular complexity index is 647. The third-order valence-corrected chi connectivity index (χ3v) is 4.12. The van der Waals surface area contributed by atoms with Crippen molar-refractivity contribution in [3.8, 4) is 0 Å². The quantitative estimate of drug-likeness (QED) is 0.470. The van der Waals surface area contributed by atoms with Crippen molar-refractivity contribution < 1.29 is 4.92 Å². The second kappa shape index (κ2) is 6.83. The Labute approximate surface area is 132 Å². The molecule has 110 valence electrons. The van der Waals surface area contributed by atoms with Crippen molar-refractivity contribution in [2.24, 2.45) is 0 Å². The average Bonchev–Trinajstić information content (AvgIpc) is 2.49. The maximum Gasteiger partial charge on any atom is 0.293 e. The minimum atomic E-state index is -0.433. The molecule has 6 heteroatoms. The Morgan fingerprint density at radius 2 is 1.90 bits per heavy atom. The normalized spacial score (nSPS) is 12.0. The number of benzene rings is 2. The summed E-state index contributed by atoms with van der Waals surface area (Å²) in [5, 5.41) is 14.6. The molecule has 2 aromatic carbocycles. The minimum Gasteiger partial charge on any atom is -0.373 e. The van der Waals surface area contributed by atoms with Gasteiger partial charge in [-0.1, -0.05) is 23.7 Å². The summed E-state index contributed by atoms with van der Waals surface area (Å²) in [5.41, 5.74) is 1.51. The number of nitrogens with zero attached hydrogens (tertiary/aromatic N) is 1. The average molecular weight is 323 g/mol. The standard InChI is InChI=1S/C15H15ClN2O2S/c1-10(11-3-6-13(21-2)7-4-11)17-14-8-5-12(16)9-15(14)18(19)20/h3-10,17H,1-2H3. The molecule has 0 bridgehead atoms. The first-order chi connectivity index (χ1) is 10.0. The van der Waals surface area contributed by atoms with Gasteiger partial charge in [0.15, 0.2) is 0 Å². The smallest absolute Gasteiger partial charge is 0.293 e. The summed E-state index contributed by atoms with van der Waals surface area (Å²) >= 11 is 7.49. The number of halogens is 1. The van der Waals surface area contributed by atoms with Crippen LogP contribution in [-0.4, -0.2) is 11.2 Å². The summed E-state index contributed by atoms with van der Waals surface area (Å²) < 4.78 is 0. The fraction of sp³-hybridized carbons (Fsp3) is 0.200. The first-order valence-electron chi connectivity index (χ1n) is 6.35. The molecule has 4 nitrogen and oxygen atoms in total. The van der Waals surface area contributed by atoms with E-state index in [9.17, 15) is 10.1 Å². The first kappa shape index (κ1) is 15.7. The molecular formula is C15H15ClN2O2S. The van der Waals surface area contributed by atoms with E-state index in [1.165, 1.54) is 11.0 Å². The zero-order chi connectivity index (χ0) is 15.4. The number of hydrogen-bond acceptors (Lipinski definition) is 4. The van der Waals surface area contributed by atoms with E-state index in [0.29, 0.717) is 10.7 Å². The molecule has 0 aromatic heterocycles. The Morgan fingerprint density at radius 1 is 1.24 bits per heavy atom. The van der Waals surface area contributed by atoms with Gasteiger partial charge < -0.3 is 5.32 Å². The molecule has 2 rings (SSSR count). The molecular weight excluding hydrogens is 308 g/mol. The Kier molecular flexibility index (Phi) is 5.09. The van der Waals surface area contributed by atoms with E-state index < -0.39 is 4.92 Å². The Balaban J connectivity index is 2.22. The topological polar surface area (TPSA) is 55.2 Å². The van der Waals surface area contributed by atoms with Gasteiger partial charge >= 0.3 is 0 Å². The van der Waals surface area contributed by atoms with E-state index in [0.717, 1.165) is 5.56 Å². The van der Waals surface area contributed by atoms with Crippen LogP contribution in [0.3, 0.4) is 0 Å². The fourth-order valence-electron chi connectivity index (χ4n) is 1.99. The molecule has 0 aliphatic heterocycles. The molecule has 0 aliphatic rings. The molecule has 0 heterocycles. The number of nitrogens with one attached hydrogen (secondary N) is 1. The van der Waals surface area contributed by atoms with Crippen molar-refractivity contribution in [2.75, 3.05) is 11.6 Å². The van der Waals surface area contributed by atoms with Crippen molar-refractivity contribution >= 4 is 34.7 Å². The van der Waals surface area contributed by atoms with Crippen molar-refractivity contribution in [1.82, 2.24) is 0 Å². The molecule has 0 aliphatic carbocycles. The SMILES string of the molecule is CSc1ccc(C(C)Nc2ccc(Cl)cc2[N+](=O)[O-])cc1. The third-order valence-electron chi connectivity index (χ3n) is 3.14. The summed E-state index contributed by atoms with van der Waals surface area (Å²) in [6.07, 6.45) is 2.02. The molecule has 0 fully saturated rings. The number of nitro groups is 1. The van der Waals surface area contributed by atoms with Gasteiger partial charge in [-0.15, -0.1) is 11.8 Å². The number of thioether (sulfide) groups is 1. The second-order valence-electron chi connectivity index (χ2n) is 4.56. The van der Waals surface area contributed by atoms with Gasteiger partial charge in [0.2, 0.25) is 0 Å². The highest BCUT2D eigenvalue weighted by molar-refractivity contribution is 7.98. The lowest BCUT2D eigenvalue weighted by atomic mass is 10.1. The molecule has 0 saturated heterocycles. The van der Waals surface area contributed by atoms with Gasteiger partial charge in [0.1, 0.15) is 5.69 Å². The van der Waals surface area contributed by atoms with Crippen molar-refractivity contribution in [2.45, 2.75) is 17.9 Å². The maximum absolute atomic E-state index is 11.1. The molecule has 0 spiro atoms. The van der Waals surface area contributed by atoms with Gasteiger partial charge in [-0.2, -0.15) is 0 Å². The van der Waals surface area contributed by atoms with Gasteiger partial charge in [-0.05, 0) is 43.0 Å². The highest BCUT2D eigenvalue weighted by Gasteiger charge is 2.16. The number of rotatable bonds is 5. The maximum atomic E-state index is 11.1. The highest BCUT2D eigenvalue weighted by atomic mass is 35.5. The molecule has 21 heavy (non-hydrogen) atoms. The van der Waals surface area contributed by atoms with Crippen LogP contribution in [0.5, 0.6) is 0 Å². The summed E-state index contributed by atoms with van der Waals surface area (Å²) in [4.78, 5) is 11.8. The van der Waals surface area contributed by atoms with Crippen LogP contribution in [-0.2, 0) is 0 Å². The van der Waals surface area contributed by atoms with E-state index in [-0.39, 0.29) is 11.7 Å². The van der Waals surface area contributed by atoms with Crippen LogP contribution in [0, 0.1) is 10.1 Å². The van der Waals surface area contributed by atoms with E-state index in [4.69, 9.17) is 11.6 Å². The monoisotopic (exact) mass is 322 g/mol. The van der Waals surface area contributed by atoms with Crippen LogP contribution >= 0.6 is 23.4 Å². The van der Waals surface area contributed by atoms with Gasteiger partial charge in [0, 0.05) is 22.0 Å². The van der Waals surface area contributed by atoms with Crippen molar-refractivity contribution in [1.29, 1.82) is 0 Å². The van der Waals surface area contributed by atoms with Crippen LogP contribution in [0.2, 0.25) is 5.02 Å². The summed E-state index contributed by atoms with van der Waals surface area (Å²) in [6, 6.07) is 12.7. The zero-order valence-corrected chi connectivity index (χ0v) is 13.2. The Hall–Kier alpha value is -1.72. The van der Waals surface area contributed by atoms with E-state index in [1.54, 1.807) is 23.9 Å². The molecule has 2 aromatic rings. The van der Waals surface area contributed by atoms with Gasteiger partial charge in [0.25, 0.3) is 5.69 Å². The van der Waals surface area contributed by atoms with Crippen LogP contribution in [0.15, 0.2) is 47.4 Å². The van der Waals surface area contributed by atoms with Crippen LogP contribution < -0.4 is 5.32 Å². The summed E-state index contributed by atoms with van der Waals surface area (Å²) in [7, 11) is 0. The lowest BCUT2D eigenvalue weighted by Crippen LogP contribution is -2.08. The van der Waals surface area contributed by atoms with Crippen LogP contribution in [0.25, 0.3) is 0 Å².